The van der Waals surface area contributed by atoms with Gasteiger partial charge in [-0.25, -0.2) is 12.7 Å². The average Bonchev–Trinajstić information content (AvgIpc) is 2.60. The number of fused-ring (bicyclic) bond motifs is 1. The molecule has 1 aromatic carbocycles. The normalized spacial score (nSPS) is 24.7. The van der Waals surface area contributed by atoms with Crippen LogP contribution in [-0.2, 0) is 10.0 Å². The molecule has 1 aromatic rings. The molecule has 1 aliphatic carbocycles. The molecule has 24 heavy (non-hydrogen) atoms. The predicted octanol–water partition coefficient (Wildman–Crippen LogP) is 2.59. The molecule has 0 aromatic heterocycles. The second-order valence-electron chi connectivity index (χ2n) is 7.16. The van der Waals surface area contributed by atoms with Gasteiger partial charge in [-0.15, -0.1) is 0 Å². The van der Waals surface area contributed by atoms with E-state index in [4.69, 9.17) is 0 Å². The Hall–Kier alpha value is -1.40. The van der Waals surface area contributed by atoms with E-state index in [1.165, 1.54) is 50.2 Å². The number of rotatable bonds is 3. The predicted molar refractivity (Wildman–Crippen MR) is 93.3 cm³/mol. The highest BCUT2D eigenvalue weighted by molar-refractivity contribution is 7.89. The SMILES string of the molecule is CN(C)S(=O)(=O)c1cccc(C(=O)N2CC[C@H]3CCCC[C@H]3C2)c1. The molecule has 2 atom stereocenters. The number of hydrogen-bond acceptors (Lipinski definition) is 3. The maximum absolute atomic E-state index is 12.8. The average molecular weight is 350 g/mol. The minimum atomic E-state index is -3.52. The molecule has 2 aliphatic rings. The summed E-state index contributed by atoms with van der Waals surface area (Å²) >= 11 is 0. The van der Waals surface area contributed by atoms with Crippen LogP contribution < -0.4 is 0 Å². The Morgan fingerprint density at radius 3 is 2.54 bits per heavy atom. The van der Waals surface area contributed by atoms with Crippen molar-refractivity contribution in [3.8, 4) is 0 Å². The minimum absolute atomic E-state index is 0.0465. The fourth-order valence-electron chi connectivity index (χ4n) is 3.97. The molecule has 0 bridgehead atoms. The molecule has 1 heterocycles. The van der Waals surface area contributed by atoms with Crippen LogP contribution in [0.2, 0.25) is 0 Å². The van der Waals surface area contributed by atoms with E-state index < -0.39 is 10.0 Å². The summed E-state index contributed by atoms with van der Waals surface area (Å²) in [5, 5.41) is 0. The smallest absolute Gasteiger partial charge is 0.253 e. The van der Waals surface area contributed by atoms with Crippen molar-refractivity contribution in [3.05, 3.63) is 29.8 Å². The molecule has 132 valence electrons. The van der Waals surface area contributed by atoms with E-state index in [-0.39, 0.29) is 10.8 Å². The van der Waals surface area contributed by atoms with Gasteiger partial charge in [0.05, 0.1) is 4.90 Å². The van der Waals surface area contributed by atoms with Crippen LogP contribution in [0, 0.1) is 11.8 Å². The number of carbonyl (C=O) groups excluding carboxylic acids is 1. The van der Waals surface area contributed by atoms with Crippen LogP contribution in [0.5, 0.6) is 0 Å². The molecule has 1 aliphatic heterocycles. The lowest BCUT2D eigenvalue weighted by atomic mass is 9.75. The van der Waals surface area contributed by atoms with Crippen molar-refractivity contribution >= 4 is 15.9 Å². The number of piperidine rings is 1. The zero-order valence-electron chi connectivity index (χ0n) is 14.4. The Morgan fingerprint density at radius 2 is 1.83 bits per heavy atom. The number of nitrogens with zero attached hydrogens (tertiary/aromatic N) is 2. The highest BCUT2D eigenvalue weighted by atomic mass is 32.2. The molecule has 1 amide bonds. The maximum atomic E-state index is 12.8. The monoisotopic (exact) mass is 350 g/mol. The number of benzene rings is 1. The van der Waals surface area contributed by atoms with Crippen molar-refractivity contribution in [2.45, 2.75) is 37.0 Å². The Kier molecular flexibility index (Phi) is 4.97. The van der Waals surface area contributed by atoms with E-state index >= 15 is 0 Å². The van der Waals surface area contributed by atoms with E-state index in [0.29, 0.717) is 11.5 Å². The summed E-state index contributed by atoms with van der Waals surface area (Å²) in [7, 11) is -0.525. The third kappa shape index (κ3) is 3.35. The number of amides is 1. The first-order valence-corrected chi connectivity index (χ1v) is 10.2. The first-order valence-electron chi connectivity index (χ1n) is 8.71. The van der Waals surface area contributed by atoms with E-state index in [9.17, 15) is 13.2 Å². The van der Waals surface area contributed by atoms with Gasteiger partial charge in [0.2, 0.25) is 10.0 Å². The zero-order chi connectivity index (χ0) is 17.3. The van der Waals surface area contributed by atoms with Gasteiger partial charge in [0, 0.05) is 32.7 Å². The van der Waals surface area contributed by atoms with Gasteiger partial charge in [-0.2, -0.15) is 0 Å². The van der Waals surface area contributed by atoms with Gasteiger partial charge in [0.25, 0.3) is 5.91 Å². The van der Waals surface area contributed by atoms with E-state index in [1.807, 2.05) is 4.90 Å². The zero-order valence-corrected chi connectivity index (χ0v) is 15.3. The van der Waals surface area contributed by atoms with Crippen molar-refractivity contribution in [2.24, 2.45) is 11.8 Å². The van der Waals surface area contributed by atoms with Gasteiger partial charge < -0.3 is 4.90 Å². The molecule has 0 N–H and O–H groups in total. The molecule has 2 fully saturated rings. The molecule has 0 spiro atoms. The molecule has 6 heteroatoms. The molecular formula is C18H26N2O3S. The Labute approximate surface area is 144 Å². The van der Waals surface area contributed by atoms with E-state index in [2.05, 4.69) is 0 Å². The lowest BCUT2D eigenvalue weighted by molar-refractivity contribution is 0.0520. The Morgan fingerprint density at radius 1 is 1.12 bits per heavy atom. The van der Waals surface area contributed by atoms with Crippen molar-refractivity contribution in [1.82, 2.24) is 9.21 Å². The first-order chi connectivity index (χ1) is 11.4. The molecule has 1 saturated carbocycles. The number of carbonyl (C=O) groups is 1. The standard InChI is InChI=1S/C18H26N2O3S/c1-19(2)24(22,23)17-9-5-8-15(12-17)18(21)20-11-10-14-6-3-4-7-16(14)13-20/h5,8-9,12,14,16H,3-4,6-7,10-11,13H2,1-2H3/t14-,16+/m1/s1. The molecule has 5 nitrogen and oxygen atoms in total. The summed E-state index contributed by atoms with van der Waals surface area (Å²) < 4.78 is 25.7. The lowest BCUT2D eigenvalue weighted by Gasteiger charge is -2.41. The van der Waals surface area contributed by atoms with Crippen LogP contribution >= 0.6 is 0 Å². The fraction of sp³-hybridized carbons (Fsp3) is 0.611. The number of sulfonamides is 1. The molecular weight excluding hydrogens is 324 g/mol. The van der Waals surface area contributed by atoms with Gasteiger partial charge in [-0.05, 0) is 42.9 Å². The lowest BCUT2D eigenvalue weighted by Crippen LogP contribution is -2.44. The van der Waals surface area contributed by atoms with Crippen molar-refractivity contribution < 1.29 is 13.2 Å². The molecule has 3 rings (SSSR count). The highest BCUT2D eigenvalue weighted by Gasteiger charge is 2.33. The van der Waals surface area contributed by atoms with Gasteiger partial charge >= 0.3 is 0 Å². The van der Waals surface area contributed by atoms with Gasteiger partial charge in [-0.1, -0.05) is 25.3 Å². The summed E-state index contributed by atoms with van der Waals surface area (Å²) in [6, 6.07) is 6.41. The highest BCUT2D eigenvalue weighted by Crippen LogP contribution is 2.36. The quantitative estimate of drug-likeness (QED) is 0.842. The van der Waals surface area contributed by atoms with Gasteiger partial charge in [-0.3, -0.25) is 4.79 Å². The Balaban J connectivity index is 1.78. The molecule has 0 radical (unpaired) electrons. The molecule has 0 unspecified atom stereocenters. The third-order valence-corrected chi connectivity index (χ3v) is 7.25. The second-order valence-corrected chi connectivity index (χ2v) is 9.31. The summed E-state index contributed by atoms with van der Waals surface area (Å²) in [5.74, 6) is 1.34. The van der Waals surface area contributed by atoms with Crippen LogP contribution in [0.25, 0.3) is 0 Å². The summed E-state index contributed by atoms with van der Waals surface area (Å²) in [5.41, 5.74) is 0.465. The van der Waals surface area contributed by atoms with Gasteiger partial charge in [0.15, 0.2) is 0 Å². The summed E-state index contributed by atoms with van der Waals surface area (Å²) in [6.45, 7) is 1.60. The van der Waals surface area contributed by atoms with E-state index in [1.54, 1.807) is 18.2 Å². The van der Waals surface area contributed by atoms with Crippen molar-refractivity contribution in [1.29, 1.82) is 0 Å². The third-order valence-electron chi connectivity index (χ3n) is 5.44. The van der Waals surface area contributed by atoms with Crippen LogP contribution in [0.4, 0.5) is 0 Å². The van der Waals surface area contributed by atoms with E-state index in [0.717, 1.165) is 25.4 Å². The summed E-state index contributed by atoms with van der Waals surface area (Å²) in [6.07, 6.45) is 6.16. The fourth-order valence-corrected chi connectivity index (χ4v) is 4.92. The Bertz CT molecular complexity index is 715. The first kappa shape index (κ1) is 17.4. The van der Waals surface area contributed by atoms with Crippen LogP contribution in [-0.4, -0.2) is 50.7 Å². The molecule has 1 saturated heterocycles. The largest absolute Gasteiger partial charge is 0.338 e. The van der Waals surface area contributed by atoms with Gasteiger partial charge in [0.1, 0.15) is 0 Å². The van der Waals surface area contributed by atoms with Crippen LogP contribution in [0.3, 0.4) is 0 Å². The van der Waals surface area contributed by atoms with Crippen LogP contribution in [0.15, 0.2) is 29.2 Å². The van der Waals surface area contributed by atoms with Crippen molar-refractivity contribution in [2.75, 3.05) is 27.2 Å². The van der Waals surface area contributed by atoms with Crippen molar-refractivity contribution in [3.63, 3.8) is 0 Å². The second kappa shape index (κ2) is 6.84. The number of hydrogen-bond donors (Lipinski definition) is 0. The van der Waals surface area contributed by atoms with Crippen LogP contribution in [0.1, 0.15) is 42.5 Å². The topological polar surface area (TPSA) is 57.7 Å². The summed E-state index contributed by atoms with van der Waals surface area (Å²) in [4.78, 5) is 14.9. The minimum Gasteiger partial charge on any atom is -0.338 e. The maximum Gasteiger partial charge on any atom is 0.253 e. The number of likely N-dealkylation sites (tertiary alicyclic amines) is 1.